The van der Waals surface area contributed by atoms with E-state index in [0.717, 1.165) is 39.1 Å². The van der Waals surface area contributed by atoms with Gasteiger partial charge in [0.05, 0.1) is 0 Å². The van der Waals surface area contributed by atoms with E-state index < -0.39 is 0 Å². The fourth-order valence-corrected chi connectivity index (χ4v) is 1.55. The normalized spacial score (nSPS) is 11.7. The van der Waals surface area contributed by atoms with E-state index >= 15 is 0 Å². The second kappa shape index (κ2) is 13.3. The molecular formula is C14H31NO3. The van der Waals surface area contributed by atoms with Crippen molar-refractivity contribution in [2.24, 2.45) is 5.92 Å². The Morgan fingerprint density at radius 2 is 1.67 bits per heavy atom. The van der Waals surface area contributed by atoms with Crippen LogP contribution in [0, 0.1) is 5.92 Å². The summed E-state index contributed by atoms with van der Waals surface area (Å²) >= 11 is 0. The van der Waals surface area contributed by atoms with Crippen LogP contribution in [0.25, 0.3) is 0 Å². The minimum Gasteiger partial charge on any atom is -0.381 e. The molecule has 0 aliphatic carbocycles. The Morgan fingerprint density at radius 1 is 1.00 bits per heavy atom. The number of ether oxygens (including phenoxy) is 3. The number of nitrogens with one attached hydrogen (secondary N) is 1. The molecule has 1 N–H and O–H groups in total. The van der Waals surface area contributed by atoms with Gasteiger partial charge >= 0.3 is 0 Å². The molecule has 0 heterocycles. The van der Waals surface area contributed by atoms with Gasteiger partial charge in [0.25, 0.3) is 0 Å². The minimum atomic E-state index is -0.0651. The van der Waals surface area contributed by atoms with Crippen LogP contribution in [-0.4, -0.2) is 45.8 Å². The molecule has 4 nitrogen and oxygen atoms in total. The third kappa shape index (κ3) is 12.3. The summed E-state index contributed by atoms with van der Waals surface area (Å²) < 4.78 is 16.4. The zero-order valence-corrected chi connectivity index (χ0v) is 12.5. The lowest BCUT2D eigenvalue weighted by molar-refractivity contribution is -0.138. The molecule has 0 unspecified atom stereocenters. The van der Waals surface area contributed by atoms with Gasteiger partial charge in [0.2, 0.25) is 0 Å². The van der Waals surface area contributed by atoms with Gasteiger partial charge in [-0.3, -0.25) is 0 Å². The van der Waals surface area contributed by atoms with Crippen molar-refractivity contribution in [1.82, 2.24) is 5.32 Å². The van der Waals surface area contributed by atoms with Crippen LogP contribution in [0.15, 0.2) is 0 Å². The fourth-order valence-electron chi connectivity index (χ4n) is 1.55. The number of hydrogen-bond acceptors (Lipinski definition) is 4. The molecule has 0 spiro atoms. The third-order valence-corrected chi connectivity index (χ3v) is 2.36. The van der Waals surface area contributed by atoms with Gasteiger partial charge in [-0.05, 0) is 39.3 Å². The molecule has 110 valence electrons. The van der Waals surface area contributed by atoms with E-state index in [4.69, 9.17) is 14.2 Å². The van der Waals surface area contributed by atoms with Crippen LogP contribution in [0.5, 0.6) is 0 Å². The summed E-state index contributed by atoms with van der Waals surface area (Å²) in [6.45, 7) is 13.3. The van der Waals surface area contributed by atoms with Crippen molar-refractivity contribution in [3.63, 3.8) is 0 Å². The van der Waals surface area contributed by atoms with E-state index in [-0.39, 0.29) is 6.29 Å². The van der Waals surface area contributed by atoms with Crippen molar-refractivity contribution in [3.05, 3.63) is 0 Å². The first-order chi connectivity index (χ1) is 8.70. The summed E-state index contributed by atoms with van der Waals surface area (Å²) in [5.74, 6) is 0.621. The molecule has 0 fully saturated rings. The molecule has 0 aromatic rings. The Morgan fingerprint density at radius 3 is 2.22 bits per heavy atom. The monoisotopic (exact) mass is 261 g/mol. The average Bonchev–Trinajstić information content (AvgIpc) is 2.32. The first-order valence-corrected chi connectivity index (χ1v) is 7.22. The second-order valence-corrected chi connectivity index (χ2v) is 4.70. The molecule has 0 aliphatic rings. The molecule has 0 aliphatic heterocycles. The van der Waals surface area contributed by atoms with Crippen LogP contribution in [0.1, 0.15) is 40.5 Å². The van der Waals surface area contributed by atoms with Gasteiger partial charge in [0.15, 0.2) is 6.29 Å². The Balaban J connectivity index is 3.26. The van der Waals surface area contributed by atoms with Gasteiger partial charge in [0, 0.05) is 32.8 Å². The van der Waals surface area contributed by atoms with Crippen molar-refractivity contribution in [3.8, 4) is 0 Å². The molecule has 0 atom stereocenters. The molecule has 0 amide bonds. The molecule has 4 heteroatoms. The van der Waals surface area contributed by atoms with Gasteiger partial charge in [0.1, 0.15) is 0 Å². The standard InChI is InChI=1S/C14H31NO3/c1-5-17-14(18-6-2)8-10-15-9-7-11-16-12-13(3)4/h13-15H,5-12H2,1-4H3. The number of rotatable bonds is 13. The summed E-state index contributed by atoms with van der Waals surface area (Å²) in [7, 11) is 0. The van der Waals surface area contributed by atoms with E-state index in [1.807, 2.05) is 13.8 Å². The van der Waals surface area contributed by atoms with Crippen molar-refractivity contribution < 1.29 is 14.2 Å². The molecule has 0 saturated heterocycles. The first kappa shape index (κ1) is 17.8. The SMILES string of the molecule is CCOC(CCNCCCOCC(C)C)OCC. The molecule has 0 radical (unpaired) electrons. The minimum absolute atomic E-state index is 0.0651. The van der Waals surface area contributed by atoms with Crippen LogP contribution < -0.4 is 5.32 Å². The summed E-state index contributed by atoms with van der Waals surface area (Å²) in [6, 6.07) is 0. The van der Waals surface area contributed by atoms with E-state index in [1.165, 1.54) is 0 Å². The van der Waals surface area contributed by atoms with Gasteiger partial charge < -0.3 is 19.5 Å². The molecule has 0 saturated carbocycles. The van der Waals surface area contributed by atoms with Crippen LogP contribution in [0.3, 0.4) is 0 Å². The van der Waals surface area contributed by atoms with E-state index in [1.54, 1.807) is 0 Å². The molecule has 0 aromatic heterocycles. The van der Waals surface area contributed by atoms with Gasteiger partial charge in [-0.1, -0.05) is 13.8 Å². The molecule has 18 heavy (non-hydrogen) atoms. The lowest BCUT2D eigenvalue weighted by Crippen LogP contribution is -2.26. The highest BCUT2D eigenvalue weighted by Gasteiger charge is 2.06. The lowest BCUT2D eigenvalue weighted by Gasteiger charge is -2.17. The highest BCUT2D eigenvalue weighted by Crippen LogP contribution is 1.99. The maximum atomic E-state index is 5.51. The zero-order chi connectivity index (χ0) is 13.6. The molecule has 0 rings (SSSR count). The first-order valence-electron chi connectivity index (χ1n) is 7.22. The summed E-state index contributed by atoms with van der Waals surface area (Å²) in [6.07, 6.45) is 1.89. The highest BCUT2D eigenvalue weighted by molar-refractivity contribution is 4.52. The van der Waals surface area contributed by atoms with Gasteiger partial charge in [-0.15, -0.1) is 0 Å². The van der Waals surface area contributed by atoms with Crippen molar-refractivity contribution in [2.75, 3.05) is 39.5 Å². The largest absolute Gasteiger partial charge is 0.381 e. The highest BCUT2D eigenvalue weighted by atomic mass is 16.7. The fraction of sp³-hybridized carbons (Fsp3) is 1.00. The Kier molecular flexibility index (Phi) is 13.2. The number of hydrogen-bond donors (Lipinski definition) is 1. The van der Waals surface area contributed by atoms with Crippen molar-refractivity contribution in [2.45, 2.75) is 46.8 Å². The van der Waals surface area contributed by atoms with Crippen LogP contribution in [0.4, 0.5) is 0 Å². The second-order valence-electron chi connectivity index (χ2n) is 4.70. The predicted octanol–water partition coefficient (Wildman–Crippen LogP) is 2.43. The Labute approximate surface area is 112 Å². The van der Waals surface area contributed by atoms with Crippen LogP contribution in [-0.2, 0) is 14.2 Å². The maximum absolute atomic E-state index is 5.51. The van der Waals surface area contributed by atoms with E-state index in [0.29, 0.717) is 19.1 Å². The van der Waals surface area contributed by atoms with E-state index in [2.05, 4.69) is 19.2 Å². The molecular weight excluding hydrogens is 230 g/mol. The molecule has 0 aromatic carbocycles. The maximum Gasteiger partial charge on any atom is 0.158 e. The topological polar surface area (TPSA) is 39.7 Å². The van der Waals surface area contributed by atoms with Crippen LogP contribution in [0.2, 0.25) is 0 Å². The smallest absolute Gasteiger partial charge is 0.158 e. The lowest BCUT2D eigenvalue weighted by atomic mass is 10.2. The summed E-state index contributed by atoms with van der Waals surface area (Å²) in [5, 5.41) is 3.38. The van der Waals surface area contributed by atoms with Gasteiger partial charge in [-0.2, -0.15) is 0 Å². The summed E-state index contributed by atoms with van der Waals surface area (Å²) in [4.78, 5) is 0. The van der Waals surface area contributed by atoms with Gasteiger partial charge in [-0.25, -0.2) is 0 Å². The van der Waals surface area contributed by atoms with Crippen LogP contribution >= 0.6 is 0 Å². The zero-order valence-electron chi connectivity index (χ0n) is 12.5. The summed E-state index contributed by atoms with van der Waals surface area (Å²) in [5.41, 5.74) is 0. The predicted molar refractivity (Wildman–Crippen MR) is 74.8 cm³/mol. The molecule has 0 bridgehead atoms. The van der Waals surface area contributed by atoms with E-state index in [9.17, 15) is 0 Å². The average molecular weight is 261 g/mol. The quantitative estimate of drug-likeness (QED) is 0.408. The Hall–Kier alpha value is -0.160. The van der Waals surface area contributed by atoms with Crippen molar-refractivity contribution >= 4 is 0 Å². The third-order valence-electron chi connectivity index (χ3n) is 2.36. The van der Waals surface area contributed by atoms with Crippen molar-refractivity contribution in [1.29, 1.82) is 0 Å². The Bertz CT molecular complexity index is 159.